The van der Waals surface area contributed by atoms with E-state index in [1.54, 1.807) is 42.5 Å². The minimum Gasteiger partial charge on any atom is -0.494 e. The normalized spacial score (nSPS) is 12.9. The Morgan fingerprint density at radius 1 is 1.26 bits per heavy atom. The van der Waals surface area contributed by atoms with Crippen molar-refractivity contribution in [3.63, 3.8) is 0 Å². The van der Waals surface area contributed by atoms with E-state index in [0.717, 1.165) is 15.0 Å². The second-order valence-corrected chi connectivity index (χ2v) is 9.49. The van der Waals surface area contributed by atoms with E-state index in [0.29, 0.717) is 28.9 Å². The van der Waals surface area contributed by atoms with E-state index in [-0.39, 0.29) is 11.6 Å². The number of hydrogen-bond donors (Lipinski definition) is 2. The first-order valence-electron chi connectivity index (χ1n) is 9.30. The first-order chi connectivity index (χ1) is 14.6. The third kappa shape index (κ3) is 5.05. The number of halogens is 1. The highest BCUT2D eigenvalue weighted by Gasteiger charge is 2.29. The van der Waals surface area contributed by atoms with E-state index >= 15 is 0 Å². The molecule has 1 atom stereocenters. The van der Waals surface area contributed by atoms with Gasteiger partial charge in [-0.15, -0.1) is 10.2 Å². The van der Waals surface area contributed by atoms with Crippen LogP contribution in [-0.4, -0.2) is 43.3 Å². The average Bonchev–Trinajstić information content (AvgIpc) is 3.01. The Labute approximate surface area is 187 Å². The maximum Gasteiger partial charge on any atom is 0.287 e. The first kappa shape index (κ1) is 22.8. The lowest BCUT2D eigenvalue weighted by atomic mass is 10.2. The smallest absolute Gasteiger partial charge is 0.287 e. The molecule has 0 aliphatic carbocycles. The zero-order chi connectivity index (χ0) is 22.8. The summed E-state index contributed by atoms with van der Waals surface area (Å²) >= 11 is 3.34. The summed E-state index contributed by atoms with van der Waals surface area (Å²) in [5.41, 5.74) is 0.993. The van der Waals surface area contributed by atoms with Crippen molar-refractivity contribution in [3.8, 4) is 11.6 Å². The lowest BCUT2D eigenvalue weighted by Gasteiger charge is -2.26. The molecule has 0 aliphatic heterocycles. The number of aromatic nitrogens is 1. The number of benzene rings is 2. The average molecular weight is 509 g/mol. The third-order valence-corrected chi connectivity index (χ3v) is 6.17. The molecule has 2 aromatic carbocycles. The van der Waals surface area contributed by atoms with E-state index in [4.69, 9.17) is 4.74 Å². The summed E-state index contributed by atoms with van der Waals surface area (Å²) in [6.45, 7) is 3.73. The van der Waals surface area contributed by atoms with E-state index in [2.05, 4.69) is 31.1 Å². The Hall–Kier alpha value is -2.92. The van der Waals surface area contributed by atoms with Gasteiger partial charge in [0, 0.05) is 9.86 Å². The van der Waals surface area contributed by atoms with Crippen molar-refractivity contribution >= 4 is 54.1 Å². The number of hydrogen-bond acceptors (Lipinski definition) is 6. The van der Waals surface area contributed by atoms with Crippen molar-refractivity contribution in [2.24, 2.45) is 10.2 Å². The summed E-state index contributed by atoms with van der Waals surface area (Å²) in [5, 5.41) is 18.2. The van der Waals surface area contributed by atoms with Crippen LogP contribution in [0.5, 0.6) is 11.6 Å². The Balaban J connectivity index is 1.90. The zero-order valence-electron chi connectivity index (χ0n) is 17.0. The summed E-state index contributed by atoms with van der Waals surface area (Å²) < 4.78 is 31.9. The van der Waals surface area contributed by atoms with Crippen molar-refractivity contribution in [2.45, 2.75) is 19.9 Å². The second kappa shape index (κ2) is 9.06. The SMILES string of the molecule is CCOc1ccc(N([C@@H](C)C(=O)N=Nc2c(O)[nH]c3ccc(Br)cc23)S(C)(=O)=O)cc1. The fraction of sp³-hybridized carbons (Fsp3) is 0.250. The highest BCUT2D eigenvalue weighted by Crippen LogP contribution is 2.37. The zero-order valence-corrected chi connectivity index (χ0v) is 19.4. The predicted molar refractivity (Wildman–Crippen MR) is 122 cm³/mol. The Bertz CT molecular complexity index is 1240. The van der Waals surface area contributed by atoms with Crippen molar-refractivity contribution in [1.82, 2.24) is 4.98 Å². The molecule has 0 unspecified atom stereocenters. The lowest BCUT2D eigenvalue weighted by molar-refractivity contribution is -0.119. The molecule has 2 N–H and O–H groups in total. The number of anilines is 1. The monoisotopic (exact) mass is 508 g/mol. The molecule has 31 heavy (non-hydrogen) atoms. The van der Waals surface area contributed by atoms with Crippen molar-refractivity contribution in [1.29, 1.82) is 0 Å². The minimum absolute atomic E-state index is 0.0869. The highest BCUT2D eigenvalue weighted by molar-refractivity contribution is 9.10. The molecule has 0 spiro atoms. The van der Waals surface area contributed by atoms with Crippen molar-refractivity contribution < 1.29 is 23.1 Å². The number of fused-ring (bicyclic) bond motifs is 1. The van der Waals surface area contributed by atoms with Crippen molar-refractivity contribution in [3.05, 3.63) is 46.9 Å². The van der Waals surface area contributed by atoms with E-state index in [1.165, 1.54) is 6.92 Å². The van der Waals surface area contributed by atoms with Gasteiger partial charge in [0.15, 0.2) is 5.69 Å². The van der Waals surface area contributed by atoms with Gasteiger partial charge in [-0.3, -0.25) is 9.10 Å². The summed E-state index contributed by atoms with van der Waals surface area (Å²) in [7, 11) is -3.80. The first-order valence-corrected chi connectivity index (χ1v) is 11.9. The topological polar surface area (TPSA) is 124 Å². The van der Waals surface area contributed by atoms with Gasteiger partial charge in [-0.25, -0.2) is 8.42 Å². The Morgan fingerprint density at radius 2 is 1.94 bits per heavy atom. The van der Waals surface area contributed by atoms with Gasteiger partial charge in [0.25, 0.3) is 5.91 Å². The molecule has 0 saturated carbocycles. The quantitative estimate of drug-likeness (QED) is 0.454. The number of carbonyl (C=O) groups excluding carboxylic acids is 1. The van der Waals surface area contributed by atoms with Crippen LogP contribution in [0.3, 0.4) is 0 Å². The van der Waals surface area contributed by atoms with Crippen LogP contribution in [0.4, 0.5) is 11.4 Å². The van der Waals surface area contributed by atoms with Crippen LogP contribution in [-0.2, 0) is 14.8 Å². The van der Waals surface area contributed by atoms with Gasteiger partial charge in [-0.2, -0.15) is 0 Å². The molecule has 0 fully saturated rings. The fourth-order valence-electron chi connectivity index (χ4n) is 3.08. The van der Waals surface area contributed by atoms with Gasteiger partial charge in [-0.1, -0.05) is 15.9 Å². The summed E-state index contributed by atoms with van der Waals surface area (Å²) in [6.07, 6.45) is 1.01. The van der Waals surface area contributed by atoms with E-state index in [1.807, 2.05) is 6.92 Å². The van der Waals surface area contributed by atoms with Crippen LogP contribution in [0.25, 0.3) is 10.9 Å². The van der Waals surface area contributed by atoms with Crippen LogP contribution in [0.2, 0.25) is 0 Å². The molecule has 3 aromatic rings. The van der Waals surface area contributed by atoms with Crippen LogP contribution in [0, 0.1) is 0 Å². The van der Waals surface area contributed by atoms with Gasteiger partial charge in [0.2, 0.25) is 15.9 Å². The number of nitrogens with zero attached hydrogens (tertiary/aromatic N) is 3. The molecule has 1 amide bonds. The number of carbonyl (C=O) groups is 1. The molecule has 0 bridgehead atoms. The summed E-state index contributed by atoms with van der Waals surface area (Å²) in [6, 6.07) is 10.4. The van der Waals surface area contributed by atoms with Gasteiger partial charge < -0.3 is 14.8 Å². The number of ether oxygens (including phenoxy) is 1. The molecular formula is C20H21BrN4O5S. The lowest BCUT2D eigenvalue weighted by Crippen LogP contribution is -2.42. The molecule has 1 aromatic heterocycles. The number of nitrogens with one attached hydrogen (secondary N) is 1. The molecule has 9 nitrogen and oxygen atoms in total. The van der Waals surface area contributed by atoms with Gasteiger partial charge in [-0.05, 0) is 56.3 Å². The fourth-order valence-corrected chi connectivity index (χ4v) is 4.61. The molecule has 1 heterocycles. The highest BCUT2D eigenvalue weighted by atomic mass is 79.9. The summed E-state index contributed by atoms with van der Waals surface area (Å²) in [5.74, 6) is -0.453. The van der Waals surface area contributed by atoms with E-state index in [9.17, 15) is 18.3 Å². The van der Waals surface area contributed by atoms with Gasteiger partial charge in [0.05, 0.1) is 24.1 Å². The van der Waals surface area contributed by atoms with E-state index < -0.39 is 22.0 Å². The molecular weight excluding hydrogens is 488 g/mol. The van der Waals surface area contributed by atoms with Crippen LogP contribution in [0.15, 0.2) is 57.2 Å². The maximum atomic E-state index is 12.7. The van der Waals surface area contributed by atoms with Crippen LogP contribution in [0.1, 0.15) is 13.8 Å². The standard InChI is InChI=1S/C20H21BrN4O5S/c1-4-30-15-8-6-14(7-9-15)25(31(3,28)29)12(2)19(26)24-23-18-16-11-13(21)5-10-17(16)22-20(18)27/h5-12,22,27H,4H2,1-3H3/t12-/m0/s1. The number of rotatable bonds is 7. The van der Waals surface area contributed by atoms with Crippen LogP contribution >= 0.6 is 15.9 Å². The summed E-state index contributed by atoms with van der Waals surface area (Å²) in [4.78, 5) is 15.4. The predicted octanol–water partition coefficient (Wildman–Crippen LogP) is 4.50. The molecule has 3 rings (SSSR count). The number of aromatic hydroxyl groups is 1. The molecule has 0 radical (unpaired) electrons. The number of sulfonamides is 1. The Morgan fingerprint density at radius 3 is 2.55 bits per heavy atom. The Kier molecular flexibility index (Phi) is 6.65. The largest absolute Gasteiger partial charge is 0.494 e. The molecule has 0 aliphatic rings. The molecule has 0 saturated heterocycles. The van der Waals surface area contributed by atoms with Crippen LogP contribution < -0.4 is 9.04 Å². The number of amides is 1. The number of aromatic amines is 1. The number of H-pyrrole nitrogens is 1. The third-order valence-electron chi connectivity index (χ3n) is 4.43. The van der Waals surface area contributed by atoms with Gasteiger partial charge >= 0.3 is 0 Å². The minimum atomic E-state index is -3.80. The molecule has 11 heteroatoms. The van der Waals surface area contributed by atoms with Gasteiger partial charge in [0.1, 0.15) is 11.8 Å². The molecule has 164 valence electrons. The van der Waals surface area contributed by atoms with Crippen molar-refractivity contribution in [2.75, 3.05) is 17.2 Å². The number of azo groups is 1. The maximum absolute atomic E-state index is 12.7. The second-order valence-electron chi connectivity index (χ2n) is 6.71.